The van der Waals surface area contributed by atoms with Crippen molar-refractivity contribution in [2.45, 2.75) is 27.7 Å². The molecule has 1 amide bonds. The van der Waals surface area contributed by atoms with Crippen LogP contribution in [0.1, 0.15) is 32.6 Å². The molecule has 0 spiro atoms. The SMILES string of the molecule is Cc1cc(C)c(NC(=O)c2ccc(NS(C)(=O)=O)c(C)c2)c(C)c1. The summed E-state index contributed by atoms with van der Waals surface area (Å²) in [4.78, 5) is 12.5. The molecule has 0 radical (unpaired) electrons. The molecule has 5 nitrogen and oxygen atoms in total. The highest BCUT2D eigenvalue weighted by molar-refractivity contribution is 7.92. The van der Waals surface area contributed by atoms with Crippen molar-refractivity contribution in [3.63, 3.8) is 0 Å². The number of rotatable bonds is 4. The first-order valence-corrected chi connectivity index (χ1v) is 9.43. The number of hydrogen-bond donors (Lipinski definition) is 2. The summed E-state index contributed by atoms with van der Waals surface area (Å²) in [7, 11) is -3.35. The zero-order valence-corrected chi connectivity index (χ0v) is 15.3. The molecule has 0 heterocycles. The van der Waals surface area contributed by atoms with Crippen LogP contribution in [0.5, 0.6) is 0 Å². The van der Waals surface area contributed by atoms with Gasteiger partial charge in [0.25, 0.3) is 5.91 Å². The first kappa shape index (κ1) is 18.0. The Hall–Kier alpha value is -2.34. The molecule has 0 unspecified atom stereocenters. The standard InChI is InChI=1S/C18H22N2O3S/c1-11-8-13(3)17(14(4)9-11)19-18(21)15-6-7-16(12(2)10-15)20-24(5,22)23/h6-10,20H,1-5H3,(H,19,21). The topological polar surface area (TPSA) is 75.3 Å². The number of carbonyl (C=O) groups excluding carboxylic acids is 1. The van der Waals surface area contributed by atoms with E-state index in [0.29, 0.717) is 16.8 Å². The lowest BCUT2D eigenvalue weighted by Gasteiger charge is -2.14. The number of anilines is 2. The second kappa shape index (κ2) is 6.65. The third-order valence-electron chi connectivity index (χ3n) is 3.70. The van der Waals surface area contributed by atoms with Gasteiger partial charge in [-0.1, -0.05) is 17.7 Å². The lowest BCUT2D eigenvalue weighted by atomic mass is 10.0. The molecule has 0 aliphatic carbocycles. The zero-order chi connectivity index (χ0) is 18.1. The second-order valence-corrected chi connectivity index (χ2v) is 7.88. The molecule has 0 saturated carbocycles. The minimum absolute atomic E-state index is 0.223. The van der Waals surface area contributed by atoms with Crippen molar-refractivity contribution in [2.75, 3.05) is 16.3 Å². The smallest absolute Gasteiger partial charge is 0.255 e. The van der Waals surface area contributed by atoms with Crippen molar-refractivity contribution in [1.82, 2.24) is 0 Å². The maximum atomic E-state index is 12.5. The number of amides is 1. The molecule has 0 aliphatic rings. The molecule has 0 atom stereocenters. The Kier molecular flexibility index (Phi) is 4.99. The van der Waals surface area contributed by atoms with Crippen molar-refractivity contribution >= 4 is 27.3 Å². The van der Waals surface area contributed by atoms with Crippen molar-refractivity contribution in [1.29, 1.82) is 0 Å². The molecule has 128 valence electrons. The van der Waals surface area contributed by atoms with E-state index >= 15 is 0 Å². The monoisotopic (exact) mass is 346 g/mol. The molecule has 2 rings (SSSR count). The first-order valence-electron chi connectivity index (χ1n) is 7.54. The van der Waals surface area contributed by atoms with Gasteiger partial charge in [0, 0.05) is 11.3 Å². The van der Waals surface area contributed by atoms with E-state index < -0.39 is 10.0 Å². The van der Waals surface area contributed by atoms with Gasteiger partial charge in [-0.15, -0.1) is 0 Å². The van der Waals surface area contributed by atoms with E-state index in [1.165, 1.54) is 0 Å². The van der Waals surface area contributed by atoms with Gasteiger partial charge in [-0.2, -0.15) is 0 Å². The molecule has 24 heavy (non-hydrogen) atoms. The number of aryl methyl sites for hydroxylation is 4. The molecule has 2 aromatic rings. The summed E-state index contributed by atoms with van der Waals surface area (Å²) in [6.07, 6.45) is 1.09. The van der Waals surface area contributed by atoms with E-state index in [0.717, 1.165) is 28.6 Å². The predicted octanol–water partition coefficient (Wildman–Crippen LogP) is 3.54. The fraction of sp³-hybridized carbons (Fsp3) is 0.278. The van der Waals surface area contributed by atoms with Crippen LogP contribution in [0.15, 0.2) is 30.3 Å². The number of sulfonamides is 1. The third kappa shape index (κ3) is 4.35. The number of carbonyl (C=O) groups is 1. The lowest BCUT2D eigenvalue weighted by Crippen LogP contribution is -2.15. The molecule has 2 aromatic carbocycles. The Labute approximate surface area is 143 Å². The highest BCUT2D eigenvalue weighted by atomic mass is 32.2. The van der Waals surface area contributed by atoms with Crippen LogP contribution in [0.25, 0.3) is 0 Å². The lowest BCUT2D eigenvalue weighted by molar-refractivity contribution is 0.102. The molecule has 0 bridgehead atoms. The van der Waals surface area contributed by atoms with E-state index in [1.807, 2.05) is 32.9 Å². The fourth-order valence-electron chi connectivity index (χ4n) is 2.68. The summed E-state index contributed by atoms with van der Waals surface area (Å²) in [5.74, 6) is -0.223. The summed E-state index contributed by atoms with van der Waals surface area (Å²) in [6, 6.07) is 8.91. The second-order valence-electron chi connectivity index (χ2n) is 6.13. The Morgan fingerprint density at radius 2 is 1.50 bits per heavy atom. The van der Waals surface area contributed by atoms with Gasteiger partial charge < -0.3 is 5.32 Å². The van der Waals surface area contributed by atoms with Crippen LogP contribution >= 0.6 is 0 Å². The molecular weight excluding hydrogens is 324 g/mol. The number of benzene rings is 2. The average Bonchev–Trinajstić information content (AvgIpc) is 2.43. The molecule has 0 aromatic heterocycles. The van der Waals surface area contributed by atoms with E-state index in [-0.39, 0.29) is 5.91 Å². The van der Waals surface area contributed by atoms with Crippen LogP contribution in [0.3, 0.4) is 0 Å². The maximum absolute atomic E-state index is 12.5. The normalized spacial score (nSPS) is 11.2. The summed E-state index contributed by atoms with van der Waals surface area (Å²) >= 11 is 0. The van der Waals surface area contributed by atoms with E-state index in [1.54, 1.807) is 25.1 Å². The van der Waals surface area contributed by atoms with Crippen molar-refractivity contribution in [2.24, 2.45) is 0 Å². The first-order chi connectivity index (χ1) is 11.1. The molecule has 6 heteroatoms. The van der Waals surface area contributed by atoms with Crippen LogP contribution in [0.4, 0.5) is 11.4 Å². The van der Waals surface area contributed by atoms with Gasteiger partial charge in [0.15, 0.2) is 0 Å². The molecular formula is C18H22N2O3S. The van der Waals surface area contributed by atoms with E-state index in [4.69, 9.17) is 0 Å². The van der Waals surface area contributed by atoms with Crippen molar-refractivity contribution in [3.05, 3.63) is 58.1 Å². The fourth-order valence-corrected chi connectivity index (χ4v) is 3.31. The summed E-state index contributed by atoms with van der Waals surface area (Å²) < 4.78 is 25.1. The van der Waals surface area contributed by atoms with Gasteiger partial charge in [-0.05, 0) is 62.6 Å². The Morgan fingerprint density at radius 3 is 2.00 bits per heavy atom. The van der Waals surface area contributed by atoms with Crippen LogP contribution in [-0.2, 0) is 10.0 Å². The average molecular weight is 346 g/mol. The van der Waals surface area contributed by atoms with Gasteiger partial charge in [-0.25, -0.2) is 8.42 Å². The Balaban J connectivity index is 2.27. The minimum Gasteiger partial charge on any atom is -0.322 e. The molecule has 2 N–H and O–H groups in total. The van der Waals surface area contributed by atoms with Crippen LogP contribution in [-0.4, -0.2) is 20.6 Å². The van der Waals surface area contributed by atoms with Crippen molar-refractivity contribution in [3.8, 4) is 0 Å². The molecule has 0 saturated heterocycles. The maximum Gasteiger partial charge on any atom is 0.255 e. The highest BCUT2D eigenvalue weighted by Crippen LogP contribution is 2.24. The third-order valence-corrected chi connectivity index (χ3v) is 4.29. The van der Waals surface area contributed by atoms with Gasteiger partial charge in [0.05, 0.1) is 11.9 Å². The van der Waals surface area contributed by atoms with E-state index in [9.17, 15) is 13.2 Å². The predicted molar refractivity (Wildman–Crippen MR) is 98.3 cm³/mol. The minimum atomic E-state index is -3.35. The van der Waals surface area contributed by atoms with E-state index in [2.05, 4.69) is 10.0 Å². The number of nitrogens with one attached hydrogen (secondary N) is 2. The number of hydrogen-bond acceptors (Lipinski definition) is 3. The largest absolute Gasteiger partial charge is 0.322 e. The van der Waals surface area contributed by atoms with Gasteiger partial charge >= 0.3 is 0 Å². The summed E-state index contributed by atoms with van der Waals surface area (Å²) in [5, 5.41) is 2.94. The van der Waals surface area contributed by atoms with Gasteiger partial charge in [0.2, 0.25) is 10.0 Å². The Bertz CT molecular complexity index is 879. The van der Waals surface area contributed by atoms with Gasteiger partial charge in [-0.3, -0.25) is 9.52 Å². The van der Waals surface area contributed by atoms with Crippen molar-refractivity contribution < 1.29 is 13.2 Å². The summed E-state index contributed by atoms with van der Waals surface area (Å²) in [6.45, 7) is 7.69. The van der Waals surface area contributed by atoms with Crippen LogP contribution < -0.4 is 10.0 Å². The molecule has 0 aliphatic heterocycles. The quantitative estimate of drug-likeness (QED) is 0.889. The Morgan fingerprint density at radius 1 is 0.917 bits per heavy atom. The summed E-state index contributed by atoms with van der Waals surface area (Å²) in [5.41, 5.74) is 5.60. The highest BCUT2D eigenvalue weighted by Gasteiger charge is 2.12. The van der Waals surface area contributed by atoms with Crippen LogP contribution in [0, 0.1) is 27.7 Å². The van der Waals surface area contributed by atoms with Gasteiger partial charge in [0.1, 0.15) is 0 Å². The molecule has 0 fully saturated rings. The zero-order valence-electron chi connectivity index (χ0n) is 14.5. The van der Waals surface area contributed by atoms with Crippen LogP contribution in [0.2, 0.25) is 0 Å².